The Hall–Kier alpha value is -1.16. The molecule has 0 aliphatic heterocycles. The van der Waals surface area contributed by atoms with Crippen molar-refractivity contribution in [2.75, 3.05) is 0 Å². The second-order valence-electron chi connectivity index (χ2n) is 5.23. The summed E-state index contributed by atoms with van der Waals surface area (Å²) in [6, 6.07) is 6.36. The number of phenols is 1. The van der Waals surface area contributed by atoms with Crippen LogP contribution in [0.2, 0.25) is 0 Å². The summed E-state index contributed by atoms with van der Waals surface area (Å²) in [6.45, 7) is 7.40. The Labute approximate surface area is 109 Å². The zero-order valence-electron chi connectivity index (χ0n) is 10.6. The van der Waals surface area contributed by atoms with Gasteiger partial charge in [-0.3, -0.25) is 4.79 Å². The minimum Gasteiger partial charge on any atom is -0.508 e. The molecule has 1 aromatic carbocycles. The Morgan fingerprint density at radius 1 is 1.06 bits per heavy atom. The van der Waals surface area contributed by atoms with Crippen molar-refractivity contribution in [3.05, 3.63) is 29.8 Å². The molecule has 1 aromatic rings. The van der Waals surface area contributed by atoms with Crippen LogP contribution < -0.4 is 0 Å². The molecule has 0 heterocycles. The van der Waals surface area contributed by atoms with Crippen LogP contribution in [0.15, 0.2) is 24.3 Å². The second kappa shape index (κ2) is 5.00. The molecule has 0 spiro atoms. The van der Waals surface area contributed by atoms with Gasteiger partial charge in [0.05, 0.1) is 5.41 Å². The molecule has 0 saturated carbocycles. The first kappa shape index (κ1) is 15.8. The van der Waals surface area contributed by atoms with E-state index in [1.54, 1.807) is 19.1 Å². The Bertz CT molecular complexity index is 392. The lowest BCUT2D eigenvalue weighted by molar-refractivity contribution is -0.147. The van der Waals surface area contributed by atoms with Gasteiger partial charge in [-0.25, -0.2) is 0 Å². The van der Waals surface area contributed by atoms with Crippen LogP contribution in [-0.4, -0.2) is 16.2 Å². The number of rotatable bonds is 2. The highest BCUT2D eigenvalue weighted by Gasteiger charge is 2.45. The van der Waals surface area contributed by atoms with Gasteiger partial charge in [0.1, 0.15) is 5.75 Å². The highest BCUT2D eigenvalue weighted by molar-refractivity contribution is 7.59. The Morgan fingerprint density at radius 3 is 1.76 bits per heavy atom. The molecule has 0 saturated heterocycles. The van der Waals surface area contributed by atoms with E-state index in [0.717, 1.165) is 0 Å². The summed E-state index contributed by atoms with van der Waals surface area (Å²) in [7, 11) is 0. The second-order valence-corrected chi connectivity index (χ2v) is 5.23. The third-order valence-corrected chi connectivity index (χ3v) is 3.37. The summed E-state index contributed by atoms with van der Waals surface area (Å²) in [5.41, 5.74) is -0.679. The molecule has 0 radical (unpaired) electrons. The number of carbonyl (C=O) groups is 1. The summed E-state index contributed by atoms with van der Waals surface area (Å²) in [5.74, 6) is -0.712. The Morgan fingerprint density at radius 2 is 1.47 bits per heavy atom. The van der Waals surface area contributed by atoms with Crippen LogP contribution in [-0.2, 0) is 10.2 Å². The lowest BCUT2D eigenvalue weighted by atomic mass is 9.64. The van der Waals surface area contributed by atoms with Crippen LogP contribution in [0.25, 0.3) is 0 Å². The fourth-order valence-corrected chi connectivity index (χ4v) is 1.67. The van der Waals surface area contributed by atoms with Crippen molar-refractivity contribution >= 4 is 19.5 Å². The summed E-state index contributed by atoms with van der Waals surface area (Å²) >= 11 is 0. The summed E-state index contributed by atoms with van der Waals surface area (Å²) in [4.78, 5) is 11.5. The van der Waals surface area contributed by atoms with Gasteiger partial charge in [0.15, 0.2) is 0 Å². The molecule has 0 bridgehead atoms. The fraction of sp³-hybridized carbons (Fsp3) is 0.462. The van der Waals surface area contributed by atoms with Crippen LogP contribution >= 0.6 is 13.5 Å². The van der Waals surface area contributed by atoms with Crippen LogP contribution in [0.3, 0.4) is 0 Å². The number of carboxylic acid groups (broad SMARTS) is 1. The molecule has 0 aliphatic carbocycles. The van der Waals surface area contributed by atoms with Gasteiger partial charge >= 0.3 is 5.97 Å². The number of hydrogen-bond acceptors (Lipinski definition) is 2. The smallest absolute Gasteiger partial charge is 0.314 e. The summed E-state index contributed by atoms with van der Waals surface area (Å²) in [5, 5.41) is 18.6. The fourth-order valence-electron chi connectivity index (χ4n) is 1.67. The molecular formula is C13H20O3S. The molecule has 1 unspecified atom stereocenters. The SMILES string of the molecule is CC(C)(C)C(C)(C(=O)O)c1ccc(O)cc1.S. The van der Waals surface area contributed by atoms with Crippen molar-refractivity contribution in [1.82, 2.24) is 0 Å². The Balaban J connectivity index is 0.00000256. The zero-order chi connectivity index (χ0) is 12.6. The average molecular weight is 256 g/mol. The van der Waals surface area contributed by atoms with E-state index in [4.69, 9.17) is 0 Å². The first-order valence-corrected chi connectivity index (χ1v) is 5.22. The van der Waals surface area contributed by atoms with Gasteiger partial charge in [0.25, 0.3) is 0 Å². The average Bonchev–Trinajstić information content (AvgIpc) is 2.15. The third kappa shape index (κ3) is 2.75. The Kier molecular flexibility index (Phi) is 4.66. The van der Waals surface area contributed by atoms with E-state index in [-0.39, 0.29) is 19.2 Å². The van der Waals surface area contributed by atoms with Crippen molar-refractivity contribution in [3.63, 3.8) is 0 Å². The number of aliphatic carboxylic acids is 1. The molecule has 2 N–H and O–H groups in total. The monoisotopic (exact) mass is 256 g/mol. The number of phenolic OH excluding ortho intramolecular Hbond substituents is 1. The standard InChI is InChI=1S/C13H18O3.H2S/c1-12(2,3)13(4,11(15)16)9-5-7-10(14)8-6-9;/h5-8,14H,1-4H3,(H,15,16);1H2. The minimum atomic E-state index is -0.972. The largest absolute Gasteiger partial charge is 0.508 e. The van der Waals surface area contributed by atoms with Crippen LogP contribution in [0.4, 0.5) is 0 Å². The van der Waals surface area contributed by atoms with Gasteiger partial charge in [-0.1, -0.05) is 32.9 Å². The molecule has 0 aromatic heterocycles. The molecule has 96 valence electrons. The molecule has 4 heteroatoms. The van der Waals surface area contributed by atoms with E-state index in [2.05, 4.69) is 0 Å². The lowest BCUT2D eigenvalue weighted by Crippen LogP contribution is -2.44. The van der Waals surface area contributed by atoms with E-state index in [9.17, 15) is 15.0 Å². The predicted molar refractivity (Wildman–Crippen MR) is 72.9 cm³/mol. The van der Waals surface area contributed by atoms with Gasteiger partial charge in [-0.15, -0.1) is 0 Å². The van der Waals surface area contributed by atoms with Crippen LogP contribution in [0.5, 0.6) is 5.75 Å². The van der Waals surface area contributed by atoms with E-state index < -0.39 is 16.8 Å². The maximum absolute atomic E-state index is 11.5. The van der Waals surface area contributed by atoms with Crippen molar-refractivity contribution in [2.45, 2.75) is 33.1 Å². The topological polar surface area (TPSA) is 57.5 Å². The first-order chi connectivity index (χ1) is 7.19. The van der Waals surface area contributed by atoms with E-state index in [0.29, 0.717) is 5.56 Å². The molecule has 0 aliphatic rings. The van der Waals surface area contributed by atoms with Crippen LogP contribution in [0, 0.1) is 5.41 Å². The van der Waals surface area contributed by atoms with Gasteiger partial charge in [-0.2, -0.15) is 13.5 Å². The first-order valence-electron chi connectivity index (χ1n) is 5.22. The van der Waals surface area contributed by atoms with Gasteiger partial charge in [0, 0.05) is 0 Å². The quantitative estimate of drug-likeness (QED) is 0.855. The van der Waals surface area contributed by atoms with Crippen molar-refractivity contribution in [3.8, 4) is 5.75 Å². The number of benzene rings is 1. The van der Waals surface area contributed by atoms with E-state index in [1.807, 2.05) is 20.8 Å². The normalized spacial score (nSPS) is 14.6. The number of carboxylic acids is 1. The zero-order valence-corrected chi connectivity index (χ0v) is 11.6. The molecule has 17 heavy (non-hydrogen) atoms. The third-order valence-electron chi connectivity index (χ3n) is 3.37. The van der Waals surface area contributed by atoms with Crippen molar-refractivity contribution in [2.24, 2.45) is 5.41 Å². The summed E-state index contributed by atoms with van der Waals surface area (Å²) in [6.07, 6.45) is 0. The number of aromatic hydroxyl groups is 1. The molecular weight excluding hydrogens is 236 g/mol. The lowest BCUT2D eigenvalue weighted by Gasteiger charge is -2.38. The van der Waals surface area contributed by atoms with E-state index >= 15 is 0 Å². The molecule has 0 amide bonds. The summed E-state index contributed by atoms with van der Waals surface area (Å²) < 4.78 is 0. The van der Waals surface area contributed by atoms with E-state index in [1.165, 1.54) is 12.1 Å². The van der Waals surface area contributed by atoms with Crippen molar-refractivity contribution < 1.29 is 15.0 Å². The molecule has 1 atom stereocenters. The maximum Gasteiger partial charge on any atom is 0.314 e. The minimum absolute atomic E-state index is 0. The molecule has 0 fully saturated rings. The molecule has 3 nitrogen and oxygen atoms in total. The van der Waals surface area contributed by atoms with Gasteiger partial charge in [-0.05, 0) is 30.0 Å². The van der Waals surface area contributed by atoms with Gasteiger partial charge in [0.2, 0.25) is 0 Å². The molecule has 1 rings (SSSR count). The number of hydrogen-bond donors (Lipinski definition) is 2. The highest BCUT2D eigenvalue weighted by Crippen LogP contribution is 2.41. The van der Waals surface area contributed by atoms with Gasteiger partial charge < -0.3 is 10.2 Å². The maximum atomic E-state index is 11.5. The highest BCUT2D eigenvalue weighted by atomic mass is 32.1. The van der Waals surface area contributed by atoms with Crippen molar-refractivity contribution in [1.29, 1.82) is 0 Å². The predicted octanol–water partition coefficient (Wildman–Crippen LogP) is 2.89. The van der Waals surface area contributed by atoms with Crippen LogP contribution in [0.1, 0.15) is 33.3 Å².